The summed E-state index contributed by atoms with van der Waals surface area (Å²) in [6.07, 6.45) is 0.749. The molecular formula is C20H24N2O5S. The maximum atomic E-state index is 12.4. The molecule has 28 heavy (non-hydrogen) atoms. The van der Waals surface area contributed by atoms with Crippen LogP contribution in [-0.2, 0) is 20.7 Å². The van der Waals surface area contributed by atoms with Crippen molar-refractivity contribution < 1.29 is 23.9 Å². The van der Waals surface area contributed by atoms with E-state index in [1.54, 1.807) is 31.2 Å². The summed E-state index contributed by atoms with van der Waals surface area (Å²) in [6.45, 7) is 6.95. The van der Waals surface area contributed by atoms with Crippen molar-refractivity contribution in [2.75, 3.05) is 23.8 Å². The van der Waals surface area contributed by atoms with Crippen LogP contribution in [-0.4, -0.2) is 31.0 Å². The Morgan fingerprint density at radius 3 is 2.46 bits per heavy atom. The lowest BCUT2D eigenvalue weighted by molar-refractivity contribution is -0.118. The van der Waals surface area contributed by atoms with Gasteiger partial charge in [-0.2, -0.15) is 0 Å². The Morgan fingerprint density at radius 1 is 1.11 bits per heavy atom. The topological polar surface area (TPSA) is 93.7 Å². The minimum atomic E-state index is -0.455. The highest BCUT2D eigenvalue weighted by Crippen LogP contribution is 2.34. The van der Waals surface area contributed by atoms with Crippen LogP contribution in [0.25, 0.3) is 0 Å². The van der Waals surface area contributed by atoms with Crippen LogP contribution in [0, 0.1) is 6.92 Å². The van der Waals surface area contributed by atoms with Gasteiger partial charge in [0.25, 0.3) is 5.91 Å². The predicted molar refractivity (Wildman–Crippen MR) is 109 cm³/mol. The number of carbonyl (C=O) groups excluding carboxylic acids is 3. The van der Waals surface area contributed by atoms with E-state index in [4.69, 9.17) is 9.47 Å². The standard InChI is InChI=1S/C20H24N2O5S/c1-5-16-12(3)18(20(25)26-6-2)19(28-16)22-17(24)11-27-15-10-8-7-9-14(15)21-13(4)23/h7-10H,5-6,11H2,1-4H3,(H,21,23)(H,22,24). The van der Waals surface area contributed by atoms with Crippen molar-refractivity contribution >= 4 is 39.8 Å². The quantitative estimate of drug-likeness (QED) is 0.653. The third-order valence-corrected chi connectivity index (χ3v) is 5.21. The first-order valence-corrected chi connectivity index (χ1v) is 9.77. The van der Waals surface area contributed by atoms with Gasteiger partial charge in [0.1, 0.15) is 10.8 Å². The number of esters is 1. The van der Waals surface area contributed by atoms with E-state index in [0.717, 1.165) is 16.9 Å². The van der Waals surface area contributed by atoms with Crippen LogP contribution in [0.2, 0.25) is 0 Å². The molecule has 0 saturated carbocycles. The zero-order valence-electron chi connectivity index (χ0n) is 16.4. The molecule has 1 heterocycles. The number of anilines is 2. The van der Waals surface area contributed by atoms with Crippen molar-refractivity contribution in [3.8, 4) is 5.75 Å². The summed E-state index contributed by atoms with van der Waals surface area (Å²) in [4.78, 5) is 37.0. The smallest absolute Gasteiger partial charge is 0.341 e. The van der Waals surface area contributed by atoms with Gasteiger partial charge in [0.05, 0.1) is 17.9 Å². The van der Waals surface area contributed by atoms with Crippen molar-refractivity contribution in [3.05, 3.63) is 40.3 Å². The summed E-state index contributed by atoms with van der Waals surface area (Å²) < 4.78 is 10.7. The third kappa shape index (κ3) is 5.32. The van der Waals surface area contributed by atoms with E-state index < -0.39 is 11.9 Å². The molecular weight excluding hydrogens is 380 g/mol. The number of benzene rings is 1. The first-order valence-electron chi connectivity index (χ1n) is 8.95. The molecule has 0 spiro atoms. The highest BCUT2D eigenvalue weighted by atomic mass is 32.1. The fourth-order valence-electron chi connectivity index (χ4n) is 2.63. The number of aryl methyl sites for hydroxylation is 1. The molecule has 0 aliphatic carbocycles. The Morgan fingerprint density at radius 2 is 1.82 bits per heavy atom. The molecule has 1 aromatic heterocycles. The molecule has 0 unspecified atom stereocenters. The van der Waals surface area contributed by atoms with Crippen LogP contribution in [0.4, 0.5) is 10.7 Å². The molecule has 0 bridgehead atoms. The van der Waals surface area contributed by atoms with E-state index >= 15 is 0 Å². The molecule has 1 aromatic carbocycles. The number of rotatable bonds is 8. The largest absolute Gasteiger partial charge is 0.482 e. The molecule has 0 radical (unpaired) electrons. The number of nitrogens with one attached hydrogen (secondary N) is 2. The average molecular weight is 404 g/mol. The number of carbonyl (C=O) groups is 3. The van der Waals surface area contributed by atoms with E-state index in [0.29, 0.717) is 22.0 Å². The maximum absolute atomic E-state index is 12.4. The molecule has 0 aliphatic heterocycles. The van der Waals surface area contributed by atoms with Gasteiger partial charge in [0.15, 0.2) is 6.61 Å². The number of hydrogen-bond donors (Lipinski definition) is 2. The zero-order chi connectivity index (χ0) is 20.7. The van der Waals surface area contributed by atoms with Crippen molar-refractivity contribution in [1.29, 1.82) is 0 Å². The molecule has 0 aliphatic rings. The van der Waals surface area contributed by atoms with Crippen LogP contribution >= 0.6 is 11.3 Å². The predicted octanol–water partition coefficient (Wildman–Crippen LogP) is 3.77. The molecule has 2 amide bonds. The minimum absolute atomic E-state index is 0.235. The van der Waals surface area contributed by atoms with Gasteiger partial charge in [-0.05, 0) is 38.0 Å². The third-order valence-electron chi connectivity index (χ3n) is 3.86. The van der Waals surface area contributed by atoms with Crippen LogP contribution in [0.1, 0.15) is 41.6 Å². The summed E-state index contributed by atoms with van der Waals surface area (Å²) >= 11 is 1.36. The Bertz CT molecular complexity index is 875. The molecule has 2 N–H and O–H groups in total. The number of thiophene rings is 1. The van der Waals surface area contributed by atoms with Crippen molar-refractivity contribution in [1.82, 2.24) is 0 Å². The Labute approximate surface area is 168 Å². The lowest BCUT2D eigenvalue weighted by Gasteiger charge is -2.12. The van der Waals surface area contributed by atoms with Crippen molar-refractivity contribution in [3.63, 3.8) is 0 Å². The SMILES string of the molecule is CCOC(=O)c1c(NC(=O)COc2ccccc2NC(C)=O)sc(CC)c1C. The number of para-hydroxylation sites is 2. The van der Waals surface area contributed by atoms with Gasteiger partial charge in [0, 0.05) is 11.8 Å². The van der Waals surface area contributed by atoms with Gasteiger partial charge < -0.3 is 20.1 Å². The second-order valence-electron chi connectivity index (χ2n) is 5.94. The van der Waals surface area contributed by atoms with E-state index in [1.807, 2.05) is 13.8 Å². The lowest BCUT2D eigenvalue weighted by Crippen LogP contribution is -2.21. The first-order chi connectivity index (χ1) is 13.4. The van der Waals surface area contributed by atoms with Crippen molar-refractivity contribution in [2.45, 2.75) is 34.1 Å². The van der Waals surface area contributed by atoms with Gasteiger partial charge in [-0.1, -0.05) is 19.1 Å². The second-order valence-corrected chi connectivity index (χ2v) is 7.05. The normalized spacial score (nSPS) is 10.3. The number of amides is 2. The van der Waals surface area contributed by atoms with Crippen molar-refractivity contribution in [2.24, 2.45) is 0 Å². The average Bonchev–Trinajstić information content (AvgIpc) is 2.96. The van der Waals surface area contributed by atoms with Gasteiger partial charge in [0.2, 0.25) is 5.91 Å². The minimum Gasteiger partial charge on any atom is -0.482 e. The monoisotopic (exact) mass is 404 g/mol. The fraction of sp³-hybridized carbons (Fsp3) is 0.350. The van der Waals surface area contributed by atoms with Crippen LogP contribution in [0.3, 0.4) is 0 Å². The van der Waals surface area contributed by atoms with Crippen LogP contribution in [0.5, 0.6) is 5.75 Å². The summed E-state index contributed by atoms with van der Waals surface area (Å²) in [7, 11) is 0. The van der Waals surface area contributed by atoms with E-state index in [9.17, 15) is 14.4 Å². The molecule has 2 aromatic rings. The molecule has 7 nitrogen and oxygen atoms in total. The van der Waals surface area contributed by atoms with Gasteiger partial charge in [-0.25, -0.2) is 4.79 Å². The second kappa shape index (κ2) is 9.89. The van der Waals surface area contributed by atoms with Crippen LogP contribution in [0.15, 0.2) is 24.3 Å². The lowest BCUT2D eigenvalue weighted by atomic mass is 10.1. The number of ether oxygens (including phenoxy) is 2. The van der Waals surface area contributed by atoms with E-state index in [-0.39, 0.29) is 19.1 Å². The fourth-order valence-corrected chi connectivity index (χ4v) is 3.78. The summed E-state index contributed by atoms with van der Waals surface area (Å²) in [5.74, 6) is -0.717. The zero-order valence-corrected chi connectivity index (χ0v) is 17.2. The highest BCUT2D eigenvalue weighted by Gasteiger charge is 2.23. The summed E-state index contributed by atoms with van der Waals surface area (Å²) in [6, 6.07) is 6.84. The first kappa shape index (κ1) is 21.4. The molecule has 8 heteroatoms. The molecule has 2 rings (SSSR count). The number of hydrogen-bond acceptors (Lipinski definition) is 6. The molecule has 0 atom stereocenters. The Kier molecular flexibility index (Phi) is 7.57. The van der Waals surface area contributed by atoms with E-state index in [1.165, 1.54) is 18.3 Å². The highest BCUT2D eigenvalue weighted by molar-refractivity contribution is 7.17. The summed E-state index contributed by atoms with van der Waals surface area (Å²) in [5, 5.41) is 5.85. The summed E-state index contributed by atoms with van der Waals surface area (Å²) in [5.41, 5.74) is 1.68. The molecule has 0 saturated heterocycles. The Balaban J connectivity index is 2.12. The van der Waals surface area contributed by atoms with Crippen LogP contribution < -0.4 is 15.4 Å². The molecule has 0 fully saturated rings. The van der Waals surface area contributed by atoms with Gasteiger partial charge in [-0.3, -0.25) is 9.59 Å². The maximum Gasteiger partial charge on any atom is 0.341 e. The van der Waals surface area contributed by atoms with Gasteiger partial charge >= 0.3 is 5.97 Å². The molecule has 150 valence electrons. The Hall–Kier alpha value is -2.87. The van der Waals surface area contributed by atoms with E-state index in [2.05, 4.69) is 10.6 Å². The van der Waals surface area contributed by atoms with Gasteiger partial charge in [-0.15, -0.1) is 11.3 Å².